The average Bonchev–Trinajstić information content (AvgIpc) is 2.59. The van der Waals surface area contributed by atoms with Gasteiger partial charge in [0.25, 0.3) is 0 Å². The Hall–Kier alpha value is -2.03. The summed E-state index contributed by atoms with van der Waals surface area (Å²) >= 11 is 0. The summed E-state index contributed by atoms with van der Waals surface area (Å²) in [5.41, 5.74) is -0.624. The van der Waals surface area contributed by atoms with Gasteiger partial charge in [-0.15, -0.1) is 0 Å². The standard InChI is InChI=1S/C19H34N4O5/c1-13-11-22(16(24)15(3)20-17(25)28-19(4,5)6)12-14(2)23(13)18(26)21-7-9-27-10-8-21/h13-15H,7-12H2,1-6H3,(H,20,25)/t13?,14?,15-/m0/s1. The Morgan fingerprint density at radius 1 is 1.04 bits per heavy atom. The molecule has 9 nitrogen and oxygen atoms in total. The minimum atomic E-state index is -0.698. The van der Waals surface area contributed by atoms with Crippen LogP contribution in [0.3, 0.4) is 0 Å². The first-order chi connectivity index (χ1) is 13.0. The van der Waals surface area contributed by atoms with Gasteiger partial charge >= 0.3 is 12.1 Å². The molecule has 28 heavy (non-hydrogen) atoms. The summed E-state index contributed by atoms with van der Waals surface area (Å²) in [6, 6.07) is -0.931. The topological polar surface area (TPSA) is 91.4 Å². The lowest BCUT2D eigenvalue weighted by molar-refractivity contribution is -0.136. The van der Waals surface area contributed by atoms with Crippen molar-refractivity contribution in [3.63, 3.8) is 0 Å². The highest BCUT2D eigenvalue weighted by Crippen LogP contribution is 2.19. The van der Waals surface area contributed by atoms with E-state index in [2.05, 4.69) is 5.32 Å². The minimum Gasteiger partial charge on any atom is -0.444 e. The van der Waals surface area contributed by atoms with E-state index in [1.165, 1.54) is 0 Å². The largest absolute Gasteiger partial charge is 0.444 e. The van der Waals surface area contributed by atoms with Crippen molar-refractivity contribution in [2.75, 3.05) is 39.4 Å². The maximum atomic E-state index is 12.9. The number of rotatable bonds is 2. The molecule has 4 amide bonds. The van der Waals surface area contributed by atoms with Crippen LogP contribution in [0, 0.1) is 0 Å². The fourth-order valence-corrected chi connectivity index (χ4v) is 3.62. The summed E-state index contributed by atoms with van der Waals surface area (Å²) in [5.74, 6) is -0.178. The van der Waals surface area contributed by atoms with Gasteiger partial charge in [0.1, 0.15) is 11.6 Å². The molecule has 2 heterocycles. The summed E-state index contributed by atoms with van der Waals surface area (Å²) < 4.78 is 10.5. The first-order valence-corrected chi connectivity index (χ1v) is 9.93. The third-order valence-electron chi connectivity index (χ3n) is 4.84. The number of piperazine rings is 1. The van der Waals surface area contributed by atoms with Crippen LogP contribution in [-0.4, -0.2) is 95.9 Å². The molecule has 0 bridgehead atoms. The number of hydrogen-bond donors (Lipinski definition) is 1. The maximum absolute atomic E-state index is 12.9. The van der Waals surface area contributed by atoms with Crippen LogP contribution in [0.25, 0.3) is 0 Å². The van der Waals surface area contributed by atoms with Gasteiger partial charge in [0.2, 0.25) is 5.91 Å². The lowest BCUT2D eigenvalue weighted by Crippen LogP contribution is -2.64. The molecule has 1 N–H and O–H groups in total. The molecule has 0 spiro atoms. The summed E-state index contributed by atoms with van der Waals surface area (Å²) in [6.07, 6.45) is -0.615. The van der Waals surface area contributed by atoms with Crippen LogP contribution in [0.5, 0.6) is 0 Å². The molecule has 9 heteroatoms. The zero-order chi connectivity index (χ0) is 21.1. The number of alkyl carbamates (subject to hydrolysis) is 1. The highest BCUT2D eigenvalue weighted by atomic mass is 16.6. The van der Waals surface area contributed by atoms with Crippen LogP contribution in [0.1, 0.15) is 41.5 Å². The second-order valence-corrected chi connectivity index (χ2v) is 8.60. The molecule has 0 saturated carbocycles. The molecule has 2 aliphatic heterocycles. The number of carbonyl (C=O) groups excluding carboxylic acids is 3. The van der Waals surface area contributed by atoms with E-state index in [0.717, 1.165) is 0 Å². The Bertz CT molecular complexity index is 573. The fourth-order valence-electron chi connectivity index (χ4n) is 3.62. The maximum Gasteiger partial charge on any atom is 0.408 e. The van der Waals surface area contributed by atoms with Gasteiger partial charge in [-0.2, -0.15) is 0 Å². The summed E-state index contributed by atoms with van der Waals surface area (Å²) in [5, 5.41) is 2.59. The highest BCUT2D eigenvalue weighted by molar-refractivity contribution is 5.86. The van der Waals surface area contributed by atoms with Crippen molar-refractivity contribution in [3.05, 3.63) is 0 Å². The molecule has 2 rings (SSSR count). The third-order valence-corrected chi connectivity index (χ3v) is 4.84. The number of ether oxygens (including phenoxy) is 2. The van der Waals surface area contributed by atoms with Crippen LogP contribution in [0.2, 0.25) is 0 Å². The molecule has 2 saturated heterocycles. The molecule has 0 aliphatic carbocycles. The monoisotopic (exact) mass is 398 g/mol. The van der Waals surface area contributed by atoms with Crippen LogP contribution < -0.4 is 5.32 Å². The normalized spacial score (nSPS) is 24.6. The molecule has 2 fully saturated rings. The highest BCUT2D eigenvalue weighted by Gasteiger charge is 2.38. The van der Waals surface area contributed by atoms with Crippen molar-refractivity contribution in [3.8, 4) is 0 Å². The number of morpholine rings is 1. The smallest absolute Gasteiger partial charge is 0.408 e. The lowest BCUT2D eigenvalue weighted by Gasteiger charge is -2.46. The zero-order valence-electron chi connectivity index (χ0n) is 17.9. The Morgan fingerprint density at radius 3 is 2.07 bits per heavy atom. The van der Waals surface area contributed by atoms with E-state index in [1.54, 1.807) is 37.5 Å². The molecule has 2 unspecified atom stereocenters. The molecular formula is C19H34N4O5. The van der Waals surface area contributed by atoms with E-state index in [9.17, 15) is 14.4 Å². The van der Waals surface area contributed by atoms with Gasteiger partial charge < -0.3 is 29.5 Å². The van der Waals surface area contributed by atoms with Crippen molar-refractivity contribution >= 4 is 18.0 Å². The number of hydrogen-bond acceptors (Lipinski definition) is 5. The van der Waals surface area contributed by atoms with Gasteiger partial charge in [-0.25, -0.2) is 9.59 Å². The first-order valence-electron chi connectivity index (χ1n) is 9.93. The number of amides is 4. The quantitative estimate of drug-likeness (QED) is 0.756. The molecule has 3 atom stereocenters. The Balaban J connectivity index is 1.94. The van der Waals surface area contributed by atoms with Gasteiger partial charge in [-0.1, -0.05) is 0 Å². The van der Waals surface area contributed by atoms with Crippen LogP contribution in [-0.2, 0) is 14.3 Å². The number of carbonyl (C=O) groups is 3. The van der Waals surface area contributed by atoms with Crippen molar-refractivity contribution in [2.45, 2.75) is 65.3 Å². The summed E-state index contributed by atoms with van der Waals surface area (Å²) in [7, 11) is 0. The molecule has 0 radical (unpaired) electrons. The van der Waals surface area contributed by atoms with Gasteiger partial charge in [-0.05, 0) is 41.5 Å². The molecule has 0 aromatic carbocycles. The molecule has 0 aromatic rings. The molecule has 0 aromatic heterocycles. The Morgan fingerprint density at radius 2 is 1.57 bits per heavy atom. The number of nitrogens with one attached hydrogen (secondary N) is 1. The molecule has 2 aliphatic rings. The third kappa shape index (κ3) is 5.73. The molecular weight excluding hydrogens is 364 g/mol. The summed E-state index contributed by atoms with van der Waals surface area (Å²) in [4.78, 5) is 43.0. The Kier molecular flexibility index (Phi) is 7.14. The van der Waals surface area contributed by atoms with Gasteiger partial charge in [0, 0.05) is 38.3 Å². The first kappa shape index (κ1) is 22.3. The van der Waals surface area contributed by atoms with Crippen molar-refractivity contribution in [1.29, 1.82) is 0 Å². The van der Waals surface area contributed by atoms with Crippen molar-refractivity contribution < 1.29 is 23.9 Å². The van der Waals surface area contributed by atoms with E-state index in [-0.39, 0.29) is 24.0 Å². The van der Waals surface area contributed by atoms with Gasteiger partial charge in [-0.3, -0.25) is 4.79 Å². The predicted molar refractivity (Wildman–Crippen MR) is 104 cm³/mol. The van der Waals surface area contributed by atoms with Crippen LogP contribution >= 0.6 is 0 Å². The van der Waals surface area contributed by atoms with E-state index in [1.807, 2.05) is 18.7 Å². The Labute approximate surface area is 167 Å². The second-order valence-electron chi connectivity index (χ2n) is 8.60. The van der Waals surface area contributed by atoms with Crippen LogP contribution in [0.15, 0.2) is 0 Å². The fraction of sp³-hybridized carbons (Fsp3) is 0.842. The second kappa shape index (κ2) is 8.98. The zero-order valence-corrected chi connectivity index (χ0v) is 17.9. The summed E-state index contributed by atoms with van der Waals surface area (Å²) in [6.45, 7) is 14.0. The molecule has 160 valence electrons. The van der Waals surface area contributed by atoms with Crippen LogP contribution in [0.4, 0.5) is 9.59 Å². The van der Waals surface area contributed by atoms with Crippen molar-refractivity contribution in [1.82, 2.24) is 20.0 Å². The van der Waals surface area contributed by atoms with E-state index >= 15 is 0 Å². The SMILES string of the molecule is CC1CN(C(=O)[C@H](C)NC(=O)OC(C)(C)C)CC(C)N1C(=O)N1CCOCC1. The van der Waals surface area contributed by atoms with Gasteiger partial charge in [0.05, 0.1) is 13.2 Å². The minimum absolute atomic E-state index is 0.00433. The average molecular weight is 399 g/mol. The van der Waals surface area contributed by atoms with E-state index < -0.39 is 17.7 Å². The van der Waals surface area contributed by atoms with Crippen molar-refractivity contribution in [2.24, 2.45) is 0 Å². The van der Waals surface area contributed by atoms with E-state index in [0.29, 0.717) is 39.4 Å². The lowest BCUT2D eigenvalue weighted by atomic mass is 10.1. The predicted octanol–water partition coefficient (Wildman–Crippen LogP) is 1.27. The van der Waals surface area contributed by atoms with E-state index in [4.69, 9.17) is 9.47 Å². The van der Waals surface area contributed by atoms with Gasteiger partial charge in [0.15, 0.2) is 0 Å². The number of urea groups is 1. The number of nitrogens with zero attached hydrogens (tertiary/aromatic N) is 3.